The lowest BCUT2D eigenvalue weighted by atomic mass is 10.1. The van der Waals surface area contributed by atoms with Crippen molar-refractivity contribution in [3.63, 3.8) is 0 Å². The van der Waals surface area contributed by atoms with Gasteiger partial charge in [-0.25, -0.2) is 4.99 Å². The number of fused-ring (bicyclic) bond motifs is 1. The number of aryl methyl sites for hydroxylation is 1. The Balaban J connectivity index is 1.59. The van der Waals surface area contributed by atoms with Crippen molar-refractivity contribution >= 4 is 45.2 Å². The molecule has 1 heterocycles. The van der Waals surface area contributed by atoms with Crippen LogP contribution in [0.1, 0.15) is 18.1 Å². The van der Waals surface area contributed by atoms with Crippen molar-refractivity contribution in [3.05, 3.63) is 59.7 Å². The molecule has 2 aromatic carbocycles. The lowest BCUT2D eigenvalue weighted by Crippen LogP contribution is -2.16. The van der Waals surface area contributed by atoms with Gasteiger partial charge < -0.3 is 5.32 Å². The van der Waals surface area contributed by atoms with Crippen molar-refractivity contribution in [1.29, 1.82) is 0 Å². The van der Waals surface area contributed by atoms with E-state index in [9.17, 15) is 4.79 Å². The molecule has 0 aromatic heterocycles. The number of benzene rings is 2. The maximum absolute atomic E-state index is 12.2. The number of thioether (sulfide) groups is 2. The zero-order valence-electron chi connectivity index (χ0n) is 12.9. The average Bonchev–Trinajstić information content (AvgIpc) is 2.60. The summed E-state index contributed by atoms with van der Waals surface area (Å²) in [5, 5.41) is 3.00. The summed E-state index contributed by atoms with van der Waals surface area (Å²) in [6, 6.07) is 16.1. The third-order valence-corrected chi connectivity index (χ3v) is 5.80. The number of nitrogens with zero attached hydrogens (tertiary/aromatic N) is 1. The largest absolute Gasteiger partial charge is 0.325 e. The highest BCUT2D eigenvalue weighted by molar-refractivity contribution is 8.38. The van der Waals surface area contributed by atoms with Gasteiger partial charge in [-0.05, 0) is 29.7 Å². The van der Waals surface area contributed by atoms with Crippen LogP contribution in [0.3, 0.4) is 0 Å². The number of amides is 1. The van der Waals surface area contributed by atoms with E-state index in [0.717, 1.165) is 33.5 Å². The summed E-state index contributed by atoms with van der Waals surface area (Å²) in [7, 11) is 0. The number of aliphatic imine (C=N–C) groups is 1. The van der Waals surface area contributed by atoms with Crippen molar-refractivity contribution < 1.29 is 4.79 Å². The Hall–Kier alpha value is -1.72. The normalized spacial score (nSPS) is 13.2. The first kappa shape index (κ1) is 16.1. The fraction of sp³-hybridized carbons (Fsp3) is 0.222. The van der Waals surface area contributed by atoms with Gasteiger partial charge in [-0.3, -0.25) is 4.79 Å². The molecule has 118 valence electrons. The third-order valence-electron chi connectivity index (χ3n) is 3.55. The van der Waals surface area contributed by atoms with Crippen molar-refractivity contribution in [2.75, 3.05) is 11.1 Å². The third kappa shape index (κ3) is 4.18. The highest BCUT2D eigenvalue weighted by atomic mass is 32.2. The van der Waals surface area contributed by atoms with E-state index in [0.29, 0.717) is 5.75 Å². The van der Waals surface area contributed by atoms with Crippen LogP contribution in [0.2, 0.25) is 0 Å². The first-order chi connectivity index (χ1) is 11.3. The minimum Gasteiger partial charge on any atom is -0.325 e. The predicted octanol–water partition coefficient (Wildman–Crippen LogP) is 4.86. The van der Waals surface area contributed by atoms with Gasteiger partial charge in [0.15, 0.2) is 0 Å². The van der Waals surface area contributed by atoms with Crippen molar-refractivity contribution in [2.24, 2.45) is 4.99 Å². The van der Waals surface area contributed by atoms with Crippen LogP contribution in [0.5, 0.6) is 0 Å². The highest BCUT2D eigenvalue weighted by Crippen LogP contribution is 2.34. The molecule has 0 spiro atoms. The molecule has 1 amide bonds. The van der Waals surface area contributed by atoms with Gasteiger partial charge in [0.05, 0.1) is 11.4 Å². The minimum absolute atomic E-state index is 0.0121. The van der Waals surface area contributed by atoms with Gasteiger partial charge in [-0.2, -0.15) is 0 Å². The lowest BCUT2D eigenvalue weighted by molar-refractivity contribution is -0.113. The smallest absolute Gasteiger partial charge is 0.234 e. The first-order valence-corrected chi connectivity index (χ1v) is 9.53. The molecule has 0 fully saturated rings. The Morgan fingerprint density at radius 2 is 2.00 bits per heavy atom. The second kappa shape index (κ2) is 7.70. The van der Waals surface area contributed by atoms with E-state index >= 15 is 0 Å². The summed E-state index contributed by atoms with van der Waals surface area (Å²) in [5.41, 5.74) is 4.34. The fourth-order valence-corrected chi connectivity index (χ4v) is 4.21. The van der Waals surface area contributed by atoms with Crippen molar-refractivity contribution in [1.82, 2.24) is 0 Å². The summed E-state index contributed by atoms with van der Waals surface area (Å²) in [4.78, 5) is 16.8. The van der Waals surface area contributed by atoms with Gasteiger partial charge in [0.25, 0.3) is 0 Å². The molecule has 3 nitrogen and oxygen atoms in total. The molecule has 0 atom stereocenters. The molecule has 23 heavy (non-hydrogen) atoms. The number of hydrogen-bond acceptors (Lipinski definition) is 4. The molecular weight excluding hydrogens is 324 g/mol. The number of carbonyl (C=O) groups is 1. The van der Waals surface area contributed by atoms with Gasteiger partial charge >= 0.3 is 0 Å². The van der Waals surface area contributed by atoms with Crippen LogP contribution in [0.25, 0.3) is 0 Å². The minimum atomic E-state index is 0.0121. The molecule has 0 aliphatic carbocycles. The number of rotatable bonds is 4. The Labute approximate surface area is 145 Å². The number of para-hydroxylation sites is 2. The van der Waals surface area contributed by atoms with Gasteiger partial charge in [0, 0.05) is 11.4 Å². The van der Waals surface area contributed by atoms with E-state index < -0.39 is 0 Å². The lowest BCUT2D eigenvalue weighted by Gasteiger charge is -2.14. The first-order valence-electron chi connectivity index (χ1n) is 7.56. The quantitative estimate of drug-likeness (QED) is 0.863. The number of carbonyl (C=O) groups excluding carboxylic acids is 1. The van der Waals surface area contributed by atoms with E-state index in [1.54, 1.807) is 11.8 Å². The molecule has 5 heteroatoms. The SMILES string of the molecule is CCc1ccccc1NC(=O)CSC1=Nc2ccccc2CS1. The Morgan fingerprint density at radius 1 is 1.22 bits per heavy atom. The van der Waals surface area contributed by atoms with Crippen LogP contribution in [-0.2, 0) is 17.0 Å². The van der Waals surface area contributed by atoms with Crippen LogP contribution in [0.15, 0.2) is 53.5 Å². The summed E-state index contributed by atoms with van der Waals surface area (Å²) in [5.74, 6) is 1.31. The fourth-order valence-electron chi connectivity index (χ4n) is 2.35. The van der Waals surface area contributed by atoms with E-state index in [1.165, 1.54) is 17.3 Å². The molecule has 3 rings (SSSR count). The summed E-state index contributed by atoms with van der Waals surface area (Å²) in [6.45, 7) is 2.09. The topological polar surface area (TPSA) is 41.5 Å². The van der Waals surface area contributed by atoms with Crippen molar-refractivity contribution in [2.45, 2.75) is 19.1 Å². The Bertz CT molecular complexity index is 743. The predicted molar refractivity (Wildman–Crippen MR) is 102 cm³/mol. The average molecular weight is 342 g/mol. The number of hydrogen-bond donors (Lipinski definition) is 1. The number of anilines is 1. The Kier molecular flexibility index (Phi) is 5.41. The molecule has 2 aromatic rings. The van der Waals surface area contributed by atoms with Gasteiger partial charge in [-0.15, -0.1) is 0 Å². The molecule has 0 radical (unpaired) electrons. The zero-order chi connectivity index (χ0) is 16.1. The molecule has 0 unspecified atom stereocenters. The standard InChI is InChI=1S/C18H18N2OS2/c1-2-13-7-3-5-9-15(13)19-17(21)12-23-18-20-16-10-6-4-8-14(16)11-22-18/h3-10H,2,11-12H2,1H3,(H,19,21). The number of nitrogens with one attached hydrogen (secondary N) is 1. The van der Waals surface area contributed by atoms with Gasteiger partial charge in [0.1, 0.15) is 4.38 Å². The van der Waals surface area contributed by atoms with Gasteiger partial charge in [0.2, 0.25) is 5.91 Å². The molecule has 0 bridgehead atoms. The molecule has 1 N–H and O–H groups in total. The van der Waals surface area contributed by atoms with Crippen LogP contribution >= 0.6 is 23.5 Å². The molecule has 0 saturated heterocycles. The summed E-state index contributed by atoms with van der Waals surface area (Å²) in [6.07, 6.45) is 0.906. The van der Waals surface area contributed by atoms with Crippen LogP contribution in [0.4, 0.5) is 11.4 Å². The zero-order valence-corrected chi connectivity index (χ0v) is 14.5. The van der Waals surface area contributed by atoms with Crippen LogP contribution < -0.4 is 5.32 Å². The molecule has 1 aliphatic heterocycles. The summed E-state index contributed by atoms with van der Waals surface area (Å²) >= 11 is 3.20. The maximum Gasteiger partial charge on any atom is 0.234 e. The monoisotopic (exact) mass is 342 g/mol. The molecule has 0 saturated carbocycles. The van der Waals surface area contributed by atoms with Crippen LogP contribution in [0, 0.1) is 0 Å². The van der Waals surface area contributed by atoms with Crippen molar-refractivity contribution in [3.8, 4) is 0 Å². The summed E-state index contributed by atoms with van der Waals surface area (Å²) < 4.78 is 0.961. The second-order valence-electron chi connectivity index (χ2n) is 5.14. The molecular formula is C18H18N2OS2. The molecule has 1 aliphatic rings. The highest BCUT2D eigenvalue weighted by Gasteiger charge is 2.14. The van der Waals surface area contributed by atoms with E-state index in [1.807, 2.05) is 42.5 Å². The van der Waals surface area contributed by atoms with Gasteiger partial charge in [-0.1, -0.05) is 66.8 Å². The second-order valence-corrected chi connectivity index (χ2v) is 7.33. The van der Waals surface area contributed by atoms with E-state index in [-0.39, 0.29) is 5.91 Å². The Morgan fingerprint density at radius 3 is 2.87 bits per heavy atom. The van der Waals surface area contributed by atoms with Crippen LogP contribution in [-0.4, -0.2) is 16.0 Å². The maximum atomic E-state index is 12.2. The van der Waals surface area contributed by atoms with E-state index in [2.05, 4.69) is 23.3 Å². The van der Waals surface area contributed by atoms with E-state index in [4.69, 9.17) is 0 Å².